The molecule has 0 saturated heterocycles. The second kappa shape index (κ2) is 6.33. The fourth-order valence-electron chi connectivity index (χ4n) is 1.68. The lowest BCUT2D eigenvalue weighted by atomic mass is 9.94. The van der Waals surface area contributed by atoms with Crippen LogP contribution in [0.2, 0.25) is 0 Å². The Morgan fingerprint density at radius 1 is 1.45 bits per heavy atom. The van der Waals surface area contributed by atoms with Crippen LogP contribution < -0.4 is 11.1 Å². The molecule has 110 valence electrons. The van der Waals surface area contributed by atoms with E-state index in [4.69, 9.17) is 5.73 Å². The van der Waals surface area contributed by atoms with Crippen LogP contribution in [0.4, 0.5) is 5.69 Å². The minimum absolute atomic E-state index is 0.155. The van der Waals surface area contributed by atoms with Gasteiger partial charge in [-0.25, -0.2) is 0 Å². The number of phenols is 1. The zero-order chi connectivity index (χ0) is 15.3. The molecule has 0 spiro atoms. The number of nitrogens with one attached hydrogen (secondary N) is 1. The predicted octanol–water partition coefficient (Wildman–Crippen LogP) is 1.55. The number of rotatable bonds is 6. The number of amides is 1. The van der Waals surface area contributed by atoms with Gasteiger partial charge in [-0.15, -0.1) is 0 Å². The van der Waals surface area contributed by atoms with E-state index in [1.165, 1.54) is 6.07 Å². The first-order valence-corrected chi connectivity index (χ1v) is 6.37. The second-order valence-corrected chi connectivity index (χ2v) is 4.71. The first kappa shape index (κ1) is 15.9. The molecule has 0 aliphatic carbocycles. The van der Waals surface area contributed by atoms with Crippen LogP contribution in [-0.4, -0.2) is 28.0 Å². The molecule has 0 bridgehead atoms. The van der Waals surface area contributed by atoms with Crippen LogP contribution in [0.25, 0.3) is 0 Å². The van der Waals surface area contributed by atoms with E-state index in [2.05, 4.69) is 5.32 Å². The van der Waals surface area contributed by atoms with E-state index in [1.807, 2.05) is 13.8 Å². The summed E-state index contributed by atoms with van der Waals surface area (Å²) >= 11 is 0. The van der Waals surface area contributed by atoms with Gasteiger partial charge in [0, 0.05) is 23.7 Å². The molecule has 0 radical (unpaired) electrons. The number of carbonyl (C=O) groups excluding carboxylic acids is 1. The number of nitro groups is 1. The number of aromatic hydroxyl groups is 1. The van der Waals surface area contributed by atoms with Gasteiger partial charge in [0.25, 0.3) is 5.91 Å². The van der Waals surface area contributed by atoms with E-state index < -0.39 is 27.8 Å². The Morgan fingerprint density at radius 2 is 2.05 bits per heavy atom. The summed E-state index contributed by atoms with van der Waals surface area (Å²) in [5.74, 6) is -0.959. The predicted molar refractivity (Wildman–Crippen MR) is 74.6 cm³/mol. The van der Waals surface area contributed by atoms with E-state index in [0.29, 0.717) is 6.54 Å². The van der Waals surface area contributed by atoms with Crippen molar-refractivity contribution in [3.8, 4) is 5.75 Å². The highest BCUT2D eigenvalue weighted by molar-refractivity contribution is 5.95. The topological polar surface area (TPSA) is 118 Å². The number of hydrogen-bond donors (Lipinski definition) is 3. The molecule has 1 aromatic rings. The lowest BCUT2D eigenvalue weighted by Gasteiger charge is -2.26. The van der Waals surface area contributed by atoms with Crippen LogP contribution in [0.5, 0.6) is 5.75 Å². The highest BCUT2D eigenvalue weighted by Crippen LogP contribution is 2.26. The van der Waals surface area contributed by atoms with Gasteiger partial charge in [-0.1, -0.05) is 13.8 Å². The van der Waals surface area contributed by atoms with Gasteiger partial charge >= 0.3 is 5.69 Å². The number of hydrogen-bond acceptors (Lipinski definition) is 5. The van der Waals surface area contributed by atoms with Crippen molar-refractivity contribution in [1.29, 1.82) is 0 Å². The van der Waals surface area contributed by atoms with Crippen molar-refractivity contribution >= 4 is 11.6 Å². The van der Waals surface area contributed by atoms with Gasteiger partial charge in [-0.3, -0.25) is 14.9 Å². The van der Waals surface area contributed by atoms with E-state index in [0.717, 1.165) is 25.0 Å². The van der Waals surface area contributed by atoms with Crippen LogP contribution in [0.15, 0.2) is 18.2 Å². The van der Waals surface area contributed by atoms with E-state index >= 15 is 0 Å². The summed E-state index contributed by atoms with van der Waals surface area (Å²) in [4.78, 5) is 21.8. The fourth-order valence-corrected chi connectivity index (χ4v) is 1.68. The lowest BCUT2D eigenvalue weighted by molar-refractivity contribution is -0.385. The van der Waals surface area contributed by atoms with Gasteiger partial charge in [0.1, 0.15) is 0 Å². The number of nitrogens with zero attached hydrogens (tertiary/aromatic N) is 1. The first-order valence-electron chi connectivity index (χ1n) is 6.37. The Balaban J connectivity index is 2.79. The monoisotopic (exact) mass is 281 g/mol. The SMILES string of the molecule is CCC(N)(CC)CNC(=O)c1ccc([N+](=O)[O-])c(O)c1. The van der Waals surface area contributed by atoms with Gasteiger partial charge in [0.05, 0.1) is 4.92 Å². The summed E-state index contributed by atoms with van der Waals surface area (Å²) in [5.41, 5.74) is 5.31. The maximum atomic E-state index is 11.9. The standard InChI is InChI=1S/C13H19N3O4/c1-3-13(14,4-2)8-15-12(18)9-5-6-10(16(19)20)11(17)7-9/h5-7,17H,3-4,8,14H2,1-2H3,(H,15,18). The van der Waals surface area contributed by atoms with Crippen molar-refractivity contribution in [2.24, 2.45) is 5.73 Å². The van der Waals surface area contributed by atoms with Crippen molar-refractivity contribution < 1.29 is 14.8 Å². The van der Waals surface area contributed by atoms with Crippen LogP contribution in [0.1, 0.15) is 37.0 Å². The van der Waals surface area contributed by atoms with Crippen molar-refractivity contribution in [3.05, 3.63) is 33.9 Å². The van der Waals surface area contributed by atoms with Gasteiger partial charge in [-0.05, 0) is 25.0 Å². The zero-order valence-electron chi connectivity index (χ0n) is 11.5. The Bertz CT molecular complexity index is 512. The Morgan fingerprint density at radius 3 is 2.50 bits per heavy atom. The Kier molecular flexibility index (Phi) is 5.04. The lowest BCUT2D eigenvalue weighted by Crippen LogP contribution is -2.49. The van der Waals surface area contributed by atoms with Crippen molar-refractivity contribution in [2.75, 3.05) is 6.54 Å². The molecule has 0 saturated carbocycles. The number of phenolic OH excluding ortho intramolecular Hbond substituents is 1. The maximum Gasteiger partial charge on any atom is 0.310 e. The number of nitrogens with two attached hydrogens (primary N) is 1. The molecule has 1 aromatic carbocycles. The van der Waals surface area contributed by atoms with E-state index in [-0.39, 0.29) is 5.56 Å². The molecule has 20 heavy (non-hydrogen) atoms. The first-order chi connectivity index (χ1) is 9.33. The van der Waals surface area contributed by atoms with Crippen molar-refractivity contribution in [1.82, 2.24) is 5.32 Å². The third-order valence-corrected chi connectivity index (χ3v) is 3.44. The summed E-state index contributed by atoms with van der Waals surface area (Å²) in [5, 5.41) is 22.7. The summed E-state index contributed by atoms with van der Waals surface area (Å²) in [7, 11) is 0. The summed E-state index contributed by atoms with van der Waals surface area (Å²) < 4.78 is 0. The molecule has 4 N–H and O–H groups in total. The number of benzene rings is 1. The molecule has 0 heterocycles. The largest absolute Gasteiger partial charge is 0.502 e. The summed E-state index contributed by atoms with van der Waals surface area (Å²) in [6, 6.07) is 3.46. The van der Waals surface area contributed by atoms with Crippen molar-refractivity contribution in [2.45, 2.75) is 32.2 Å². The molecule has 7 nitrogen and oxygen atoms in total. The zero-order valence-corrected chi connectivity index (χ0v) is 11.5. The molecule has 1 amide bonds. The number of nitro benzene ring substituents is 1. The molecule has 7 heteroatoms. The molecule has 0 fully saturated rings. The average Bonchev–Trinajstić information content (AvgIpc) is 2.43. The molecular weight excluding hydrogens is 262 g/mol. The third-order valence-electron chi connectivity index (χ3n) is 3.44. The van der Waals surface area contributed by atoms with Gasteiger partial charge in [-0.2, -0.15) is 0 Å². The molecule has 1 rings (SSSR count). The number of carbonyl (C=O) groups is 1. The maximum absolute atomic E-state index is 11.9. The quantitative estimate of drug-likeness (QED) is 0.540. The highest BCUT2D eigenvalue weighted by atomic mass is 16.6. The normalized spacial score (nSPS) is 11.2. The Hall–Kier alpha value is -2.15. The molecule has 0 unspecified atom stereocenters. The smallest absolute Gasteiger partial charge is 0.310 e. The fraction of sp³-hybridized carbons (Fsp3) is 0.462. The van der Waals surface area contributed by atoms with Crippen molar-refractivity contribution in [3.63, 3.8) is 0 Å². The van der Waals surface area contributed by atoms with Crippen LogP contribution in [0.3, 0.4) is 0 Å². The minimum Gasteiger partial charge on any atom is -0.502 e. The molecule has 0 aliphatic rings. The van der Waals surface area contributed by atoms with Crippen LogP contribution in [-0.2, 0) is 0 Å². The highest BCUT2D eigenvalue weighted by Gasteiger charge is 2.22. The molecular formula is C13H19N3O4. The van der Waals surface area contributed by atoms with Gasteiger partial charge in [0.2, 0.25) is 0 Å². The van der Waals surface area contributed by atoms with Gasteiger partial charge in [0.15, 0.2) is 5.75 Å². The molecule has 0 aromatic heterocycles. The van der Waals surface area contributed by atoms with Crippen LogP contribution >= 0.6 is 0 Å². The molecule has 0 atom stereocenters. The van der Waals surface area contributed by atoms with Gasteiger partial charge < -0.3 is 16.2 Å². The summed E-state index contributed by atoms with van der Waals surface area (Å²) in [6.45, 7) is 4.18. The average molecular weight is 281 g/mol. The molecule has 0 aliphatic heterocycles. The third kappa shape index (κ3) is 3.67. The summed E-state index contributed by atoms with van der Waals surface area (Å²) in [6.07, 6.45) is 1.44. The minimum atomic E-state index is -0.712. The van der Waals surface area contributed by atoms with E-state index in [9.17, 15) is 20.0 Å². The second-order valence-electron chi connectivity index (χ2n) is 4.71. The van der Waals surface area contributed by atoms with E-state index in [1.54, 1.807) is 0 Å². The van der Waals surface area contributed by atoms with Crippen LogP contribution in [0, 0.1) is 10.1 Å². The Labute approximate surface area is 116 Å².